The Morgan fingerprint density at radius 2 is 1.82 bits per heavy atom. The van der Waals surface area contributed by atoms with E-state index in [1.54, 1.807) is 4.90 Å². The number of fused-ring (bicyclic) bond motifs is 1. The fourth-order valence-electron chi connectivity index (χ4n) is 4.05. The van der Waals surface area contributed by atoms with Crippen LogP contribution in [0.25, 0.3) is 10.1 Å². The number of likely N-dealkylation sites (tertiary alicyclic amines) is 1. The number of thiophene rings is 1. The number of rotatable bonds is 9. The third-order valence-electron chi connectivity index (χ3n) is 5.89. The van der Waals surface area contributed by atoms with Crippen LogP contribution in [0.1, 0.15) is 49.4 Å². The zero-order chi connectivity index (χ0) is 28.5. The lowest BCUT2D eigenvalue weighted by Gasteiger charge is -2.48. The number of hydrogen-bond donors (Lipinski definition) is 3. The van der Waals surface area contributed by atoms with E-state index in [-0.39, 0.29) is 42.9 Å². The van der Waals surface area contributed by atoms with E-state index in [1.165, 1.54) is 23.3 Å². The minimum absolute atomic E-state index is 0.0313. The van der Waals surface area contributed by atoms with Gasteiger partial charge in [0.25, 0.3) is 5.91 Å². The molecule has 0 bridgehead atoms. The number of carbonyl (C=O) groups is 3. The van der Waals surface area contributed by atoms with Gasteiger partial charge in [-0.1, -0.05) is 63.6 Å². The third-order valence-corrected chi connectivity index (χ3v) is 8.30. The summed E-state index contributed by atoms with van der Waals surface area (Å²) in [6.45, 7) is 11.0. The summed E-state index contributed by atoms with van der Waals surface area (Å²) in [5, 5.41) is 7.28. The summed E-state index contributed by atoms with van der Waals surface area (Å²) in [5.74, 6) is 0.268. The van der Waals surface area contributed by atoms with Gasteiger partial charge >= 0.3 is 0 Å². The number of amides is 3. The highest BCUT2D eigenvalue weighted by Crippen LogP contribution is 2.27. The van der Waals surface area contributed by atoms with Gasteiger partial charge in [-0.2, -0.15) is 0 Å². The molecular weight excluding hydrogens is 552 g/mol. The van der Waals surface area contributed by atoms with Crippen molar-refractivity contribution in [3.05, 3.63) is 64.0 Å². The van der Waals surface area contributed by atoms with Gasteiger partial charge in [-0.3, -0.25) is 19.1 Å². The average Bonchev–Trinajstić information content (AvgIpc) is 3.30. The lowest BCUT2D eigenvalue weighted by Crippen LogP contribution is -2.69. The van der Waals surface area contributed by atoms with Crippen LogP contribution in [0.3, 0.4) is 0 Å². The van der Waals surface area contributed by atoms with Gasteiger partial charge in [0.05, 0.1) is 35.1 Å². The van der Waals surface area contributed by atoms with E-state index < -0.39 is 0 Å². The maximum Gasteiger partial charge on any atom is 0.261 e. The quantitative estimate of drug-likeness (QED) is 0.281. The molecule has 0 spiro atoms. The first-order chi connectivity index (χ1) is 18.6. The molecule has 210 valence electrons. The second-order valence-electron chi connectivity index (χ2n) is 10.1. The molecule has 2 heterocycles. The van der Waals surface area contributed by atoms with Crippen LogP contribution in [0, 0.1) is 12.8 Å². The zero-order valence-electron chi connectivity index (χ0n) is 23.0. The van der Waals surface area contributed by atoms with Crippen LogP contribution < -0.4 is 15.4 Å². The van der Waals surface area contributed by atoms with E-state index in [0.29, 0.717) is 16.4 Å². The molecule has 2 unspecified atom stereocenters. The minimum atomic E-state index is -0.268. The van der Waals surface area contributed by atoms with E-state index in [4.69, 9.17) is 11.6 Å². The van der Waals surface area contributed by atoms with Crippen molar-refractivity contribution in [2.24, 2.45) is 5.92 Å². The molecular formula is C29H37ClN4O3S2. The molecule has 39 heavy (non-hydrogen) atoms. The van der Waals surface area contributed by atoms with Crippen molar-refractivity contribution in [2.75, 3.05) is 19.6 Å². The van der Waals surface area contributed by atoms with Crippen LogP contribution in [-0.2, 0) is 9.59 Å². The predicted molar refractivity (Wildman–Crippen MR) is 162 cm³/mol. The van der Waals surface area contributed by atoms with Crippen LogP contribution in [-0.4, -0.2) is 54.3 Å². The second kappa shape index (κ2) is 14.7. The maximum atomic E-state index is 12.6. The number of hydrogen-bond acceptors (Lipinski definition) is 6. The Morgan fingerprint density at radius 1 is 1.10 bits per heavy atom. The van der Waals surface area contributed by atoms with E-state index in [0.717, 1.165) is 32.9 Å². The molecule has 0 aliphatic carbocycles. The van der Waals surface area contributed by atoms with Gasteiger partial charge in [0.15, 0.2) is 0 Å². The molecule has 3 aromatic rings. The standard InChI is InChI=1S/C25H27ClN4O3S2.C4H10/c1-3-19-18(14-30(19)24(32)13-28-35-21-9-8-15(2)10-17(21)26)29-23(31)12-27-25(33)22-11-16-6-4-5-7-20(16)34-22;1-4(2)3/h4-11,18-19,28H,3,12-14H2,1-2H3,(H,27,33)(H,29,31);4H,1-3H3. The molecule has 2 atom stereocenters. The zero-order valence-corrected chi connectivity index (χ0v) is 25.4. The Morgan fingerprint density at radius 3 is 2.49 bits per heavy atom. The summed E-state index contributed by atoms with van der Waals surface area (Å²) in [4.78, 5) is 40.7. The monoisotopic (exact) mass is 588 g/mol. The summed E-state index contributed by atoms with van der Waals surface area (Å²) in [6.07, 6.45) is 0.724. The molecule has 1 aliphatic rings. The fraction of sp³-hybridized carbons (Fsp3) is 0.414. The molecule has 3 amide bonds. The Labute approximate surface area is 244 Å². The molecule has 0 saturated carbocycles. The Balaban J connectivity index is 0.000000983. The number of halogens is 1. The highest BCUT2D eigenvalue weighted by molar-refractivity contribution is 7.97. The Hall–Kier alpha value is -2.59. The second-order valence-corrected chi connectivity index (χ2v) is 12.5. The molecule has 1 aliphatic heterocycles. The highest BCUT2D eigenvalue weighted by atomic mass is 35.5. The van der Waals surface area contributed by atoms with Gasteiger partial charge in [0.1, 0.15) is 0 Å². The van der Waals surface area contributed by atoms with E-state index in [9.17, 15) is 14.4 Å². The van der Waals surface area contributed by atoms with Gasteiger partial charge in [0, 0.05) is 16.1 Å². The first-order valence-corrected chi connectivity index (χ1v) is 15.1. The molecule has 10 heteroatoms. The SMILES string of the molecule is CC(C)C.CCC1C(NC(=O)CNC(=O)c2cc3ccccc3s2)CN1C(=O)CNSc1ccc(C)cc1Cl. The summed E-state index contributed by atoms with van der Waals surface area (Å²) < 4.78 is 4.11. The van der Waals surface area contributed by atoms with E-state index in [2.05, 4.69) is 36.1 Å². The van der Waals surface area contributed by atoms with Crippen molar-refractivity contribution in [3.63, 3.8) is 0 Å². The summed E-state index contributed by atoms with van der Waals surface area (Å²) >= 11 is 8.96. The first kappa shape index (κ1) is 30.9. The van der Waals surface area contributed by atoms with Crippen molar-refractivity contribution in [3.8, 4) is 0 Å². The molecule has 3 N–H and O–H groups in total. The van der Waals surface area contributed by atoms with Gasteiger partial charge in [-0.05, 0) is 66.4 Å². The van der Waals surface area contributed by atoms with Crippen LogP contribution in [0.15, 0.2) is 53.4 Å². The van der Waals surface area contributed by atoms with Gasteiger partial charge in [-0.25, -0.2) is 0 Å². The van der Waals surface area contributed by atoms with Crippen LogP contribution in [0.4, 0.5) is 0 Å². The van der Waals surface area contributed by atoms with Crippen molar-refractivity contribution >= 4 is 62.7 Å². The van der Waals surface area contributed by atoms with Crippen LogP contribution >= 0.6 is 34.9 Å². The Bertz CT molecular complexity index is 1260. The number of nitrogens with zero attached hydrogens (tertiary/aromatic N) is 1. The lowest BCUT2D eigenvalue weighted by molar-refractivity contribution is -0.142. The largest absolute Gasteiger partial charge is 0.348 e. The number of carbonyl (C=O) groups excluding carboxylic acids is 3. The number of nitrogens with one attached hydrogen (secondary N) is 3. The summed E-state index contributed by atoms with van der Waals surface area (Å²) in [5.41, 5.74) is 1.08. The third kappa shape index (κ3) is 8.96. The molecule has 0 radical (unpaired) electrons. The highest BCUT2D eigenvalue weighted by Gasteiger charge is 2.41. The smallest absolute Gasteiger partial charge is 0.261 e. The van der Waals surface area contributed by atoms with Crippen molar-refractivity contribution in [1.29, 1.82) is 0 Å². The topological polar surface area (TPSA) is 90.5 Å². The molecule has 1 aromatic heterocycles. The molecule has 2 aromatic carbocycles. The molecule has 7 nitrogen and oxygen atoms in total. The van der Waals surface area contributed by atoms with Crippen molar-refractivity contribution < 1.29 is 14.4 Å². The maximum absolute atomic E-state index is 12.6. The van der Waals surface area contributed by atoms with Gasteiger partial charge in [-0.15, -0.1) is 11.3 Å². The van der Waals surface area contributed by atoms with E-state index >= 15 is 0 Å². The summed E-state index contributed by atoms with van der Waals surface area (Å²) in [6, 6.07) is 15.2. The lowest BCUT2D eigenvalue weighted by atomic mass is 9.93. The normalized spacial score (nSPS) is 16.3. The van der Waals surface area contributed by atoms with Gasteiger partial charge < -0.3 is 15.5 Å². The fourth-order valence-corrected chi connectivity index (χ4v) is 6.02. The van der Waals surface area contributed by atoms with Crippen molar-refractivity contribution in [1.82, 2.24) is 20.3 Å². The number of aryl methyl sites for hydroxylation is 1. The first-order valence-electron chi connectivity index (χ1n) is 13.1. The van der Waals surface area contributed by atoms with E-state index in [1.807, 2.05) is 62.4 Å². The van der Waals surface area contributed by atoms with Crippen LogP contribution in [0.2, 0.25) is 5.02 Å². The molecule has 1 fully saturated rings. The number of benzene rings is 2. The van der Waals surface area contributed by atoms with Crippen LogP contribution in [0.5, 0.6) is 0 Å². The average molecular weight is 589 g/mol. The molecule has 4 rings (SSSR count). The summed E-state index contributed by atoms with van der Waals surface area (Å²) in [7, 11) is 0. The minimum Gasteiger partial charge on any atom is -0.348 e. The predicted octanol–water partition coefficient (Wildman–Crippen LogP) is 5.66. The van der Waals surface area contributed by atoms with Gasteiger partial charge in [0.2, 0.25) is 11.8 Å². The van der Waals surface area contributed by atoms with Crippen molar-refractivity contribution in [2.45, 2.75) is 58.0 Å². The Kier molecular flexibility index (Phi) is 11.7. The molecule has 1 saturated heterocycles.